The first-order valence-corrected chi connectivity index (χ1v) is 10.8. The fourth-order valence-electron chi connectivity index (χ4n) is 3.67. The van der Waals surface area contributed by atoms with Crippen LogP contribution in [-0.4, -0.2) is 24.6 Å². The number of ether oxygens (including phenoxy) is 2. The quantitative estimate of drug-likeness (QED) is 0.359. The molecule has 0 fully saturated rings. The number of benzene rings is 2. The van der Waals surface area contributed by atoms with E-state index in [4.69, 9.17) is 13.9 Å². The van der Waals surface area contributed by atoms with Crippen LogP contribution in [0.1, 0.15) is 25.0 Å². The van der Waals surface area contributed by atoms with Crippen molar-refractivity contribution in [2.45, 2.75) is 20.4 Å². The van der Waals surface area contributed by atoms with E-state index in [1.54, 1.807) is 31.8 Å². The maximum Gasteiger partial charge on any atom is 0.244 e. The van der Waals surface area contributed by atoms with E-state index < -0.39 is 0 Å². The van der Waals surface area contributed by atoms with Gasteiger partial charge in [0.25, 0.3) is 0 Å². The zero-order valence-corrected chi connectivity index (χ0v) is 18.9. The van der Waals surface area contributed by atoms with Crippen LogP contribution in [0.2, 0.25) is 0 Å². The number of furan rings is 1. The summed E-state index contributed by atoms with van der Waals surface area (Å²) in [6, 6.07) is 15.5. The molecule has 0 spiro atoms. The molecule has 33 heavy (non-hydrogen) atoms. The summed E-state index contributed by atoms with van der Waals surface area (Å²) < 4.78 is 17.1. The number of hydrogen-bond acceptors (Lipinski definition) is 5. The predicted molar refractivity (Wildman–Crippen MR) is 129 cm³/mol. The first-order valence-electron chi connectivity index (χ1n) is 10.8. The molecule has 0 saturated carbocycles. The fraction of sp³-hybridized carbons (Fsp3) is 0.185. The number of methoxy groups -OCH3 is 1. The zero-order valence-electron chi connectivity index (χ0n) is 18.9. The van der Waals surface area contributed by atoms with Crippen molar-refractivity contribution in [3.05, 3.63) is 84.4 Å². The first kappa shape index (κ1) is 22.1. The highest BCUT2D eigenvalue weighted by Gasteiger charge is 2.15. The Hall–Kier alpha value is -4.06. The Bertz CT molecular complexity index is 1290. The molecule has 1 N–H and O–H groups in total. The predicted octanol–water partition coefficient (Wildman–Crippen LogP) is 5.62. The lowest BCUT2D eigenvalue weighted by atomic mass is 9.99. The zero-order chi connectivity index (χ0) is 23.2. The SMILES string of the molecule is CCOc1cc2occ(-c3cccc(OC)c3)c2cc1/C(C)=C/C(=O)NCc1ccncc1. The van der Waals surface area contributed by atoms with Crippen LogP contribution < -0.4 is 14.8 Å². The average Bonchev–Trinajstić information content (AvgIpc) is 3.26. The Morgan fingerprint density at radius 1 is 1.15 bits per heavy atom. The van der Waals surface area contributed by atoms with E-state index in [0.29, 0.717) is 18.9 Å². The summed E-state index contributed by atoms with van der Waals surface area (Å²) in [5, 5.41) is 3.85. The van der Waals surface area contributed by atoms with Crippen molar-refractivity contribution in [3.63, 3.8) is 0 Å². The average molecular weight is 443 g/mol. The van der Waals surface area contributed by atoms with Gasteiger partial charge in [0.05, 0.1) is 20.0 Å². The molecule has 168 valence electrons. The summed E-state index contributed by atoms with van der Waals surface area (Å²) in [6.45, 7) is 4.77. The smallest absolute Gasteiger partial charge is 0.244 e. The number of nitrogens with one attached hydrogen (secondary N) is 1. The topological polar surface area (TPSA) is 73.6 Å². The van der Waals surface area contributed by atoms with E-state index in [1.165, 1.54) is 0 Å². The number of nitrogens with zero attached hydrogens (tertiary/aromatic N) is 1. The summed E-state index contributed by atoms with van der Waals surface area (Å²) in [5.74, 6) is 1.27. The Labute approximate surface area is 192 Å². The highest BCUT2D eigenvalue weighted by molar-refractivity contribution is 6.00. The molecule has 0 aliphatic rings. The number of hydrogen-bond donors (Lipinski definition) is 1. The number of fused-ring (bicyclic) bond motifs is 1. The second-order valence-corrected chi connectivity index (χ2v) is 7.56. The van der Waals surface area contributed by atoms with Gasteiger partial charge in [0.2, 0.25) is 5.91 Å². The van der Waals surface area contributed by atoms with Crippen LogP contribution in [0.5, 0.6) is 11.5 Å². The Morgan fingerprint density at radius 3 is 2.73 bits per heavy atom. The molecule has 6 heteroatoms. The van der Waals surface area contributed by atoms with Crippen LogP contribution in [0.4, 0.5) is 0 Å². The number of carbonyl (C=O) groups excluding carboxylic acids is 1. The molecule has 0 atom stereocenters. The normalized spacial score (nSPS) is 11.4. The van der Waals surface area contributed by atoms with Gasteiger partial charge in [-0.2, -0.15) is 0 Å². The molecular formula is C27H26N2O4. The number of pyridine rings is 1. The van der Waals surface area contributed by atoms with Crippen molar-refractivity contribution in [1.82, 2.24) is 10.3 Å². The highest BCUT2D eigenvalue weighted by atomic mass is 16.5. The second-order valence-electron chi connectivity index (χ2n) is 7.56. The van der Waals surface area contributed by atoms with E-state index in [9.17, 15) is 4.79 Å². The maximum atomic E-state index is 12.6. The second kappa shape index (κ2) is 10.0. The van der Waals surface area contributed by atoms with Gasteiger partial charge in [-0.25, -0.2) is 0 Å². The van der Waals surface area contributed by atoms with E-state index in [1.807, 2.05) is 62.4 Å². The largest absolute Gasteiger partial charge is 0.497 e. The van der Waals surface area contributed by atoms with Crippen molar-refractivity contribution in [2.75, 3.05) is 13.7 Å². The van der Waals surface area contributed by atoms with E-state index in [0.717, 1.165) is 44.5 Å². The van der Waals surface area contributed by atoms with E-state index in [-0.39, 0.29) is 5.91 Å². The highest BCUT2D eigenvalue weighted by Crippen LogP contribution is 2.38. The van der Waals surface area contributed by atoms with E-state index >= 15 is 0 Å². The standard InChI is InChI=1S/C27H26N2O4/c1-4-32-25-15-26-23(24(17-33-26)20-6-5-7-21(13-20)31-3)14-22(25)18(2)12-27(30)29-16-19-8-10-28-11-9-19/h5-15,17H,4,16H2,1-3H3,(H,29,30)/b18-12+. The lowest BCUT2D eigenvalue weighted by molar-refractivity contribution is -0.116. The Kier molecular flexibility index (Phi) is 6.74. The first-order chi connectivity index (χ1) is 16.1. The van der Waals surface area contributed by atoms with Gasteiger partial charge >= 0.3 is 0 Å². The van der Waals surface area contributed by atoms with Crippen LogP contribution in [-0.2, 0) is 11.3 Å². The molecule has 0 aliphatic heterocycles. The molecule has 0 unspecified atom stereocenters. The summed E-state index contributed by atoms with van der Waals surface area (Å²) >= 11 is 0. The molecule has 0 saturated heterocycles. The molecule has 0 bridgehead atoms. The lowest BCUT2D eigenvalue weighted by Gasteiger charge is -2.12. The summed E-state index contributed by atoms with van der Waals surface area (Å²) in [7, 11) is 1.65. The van der Waals surface area contributed by atoms with Gasteiger partial charge in [0.15, 0.2) is 0 Å². The van der Waals surface area contributed by atoms with Gasteiger partial charge in [0, 0.05) is 47.6 Å². The van der Waals surface area contributed by atoms with Crippen LogP contribution in [0.25, 0.3) is 27.7 Å². The van der Waals surface area contributed by atoms with Crippen LogP contribution in [0.15, 0.2) is 77.7 Å². The van der Waals surface area contributed by atoms with Crippen molar-refractivity contribution < 1.29 is 18.7 Å². The molecule has 2 aromatic heterocycles. The van der Waals surface area contributed by atoms with Crippen LogP contribution in [0, 0.1) is 0 Å². The minimum absolute atomic E-state index is 0.174. The van der Waals surface area contributed by atoms with Gasteiger partial charge in [-0.15, -0.1) is 0 Å². The van der Waals surface area contributed by atoms with Gasteiger partial charge < -0.3 is 19.2 Å². The summed E-state index contributed by atoms with van der Waals surface area (Å²) in [5.41, 5.74) is 5.28. The number of allylic oxidation sites excluding steroid dienone is 1. The third-order valence-corrected chi connectivity index (χ3v) is 5.34. The molecule has 6 nitrogen and oxygen atoms in total. The molecule has 0 radical (unpaired) electrons. The minimum atomic E-state index is -0.174. The fourth-order valence-corrected chi connectivity index (χ4v) is 3.67. The molecule has 2 aromatic carbocycles. The van der Waals surface area contributed by atoms with Gasteiger partial charge in [-0.05, 0) is 60.9 Å². The van der Waals surface area contributed by atoms with Crippen molar-refractivity contribution in [1.29, 1.82) is 0 Å². The molecule has 4 aromatic rings. The van der Waals surface area contributed by atoms with Crippen molar-refractivity contribution in [2.24, 2.45) is 0 Å². The molecule has 4 rings (SSSR count). The number of rotatable bonds is 8. The lowest BCUT2D eigenvalue weighted by Crippen LogP contribution is -2.20. The monoisotopic (exact) mass is 442 g/mol. The third-order valence-electron chi connectivity index (χ3n) is 5.34. The van der Waals surface area contributed by atoms with Crippen LogP contribution in [0.3, 0.4) is 0 Å². The number of carbonyl (C=O) groups is 1. The van der Waals surface area contributed by atoms with Crippen molar-refractivity contribution >= 4 is 22.4 Å². The van der Waals surface area contributed by atoms with Gasteiger partial charge in [-0.3, -0.25) is 9.78 Å². The molecule has 0 aliphatic carbocycles. The molecule has 2 heterocycles. The summed E-state index contributed by atoms with van der Waals surface area (Å²) in [4.78, 5) is 16.6. The number of aromatic nitrogens is 1. The van der Waals surface area contributed by atoms with Crippen molar-refractivity contribution in [3.8, 4) is 22.6 Å². The van der Waals surface area contributed by atoms with Crippen LogP contribution >= 0.6 is 0 Å². The van der Waals surface area contributed by atoms with Gasteiger partial charge in [-0.1, -0.05) is 12.1 Å². The Balaban J connectivity index is 1.67. The van der Waals surface area contributed by atoms with E-state index in [2.05, 4.69) is 10.3 Å². The Morgan fingerprint density at radius 2 is 1.97 bits per heavy atom. The third kappa shape index (κ3) is 5.06. The number of amides is 1. The molecule has 1 amide bonds. The molecular weight excluding hydrogens is 416 g/mol. The maximum absolute atomic E-state index is 12.6. The summed E-state index contributed by atoms with van der Waals surface area (Å²) in [6.07, 6.45) is 6.74. The minimum Gasteiger partial charge on any atom is -0.497 e. The van der Waals surface area contributed by atoms with Gasteiger partial charge in [0.1, 0.15) is 17.1 Å².